The molecule has 1 unspecified atom stereocenters. The Bertz CT molecular complexity index is 1230. The standard InChI is InChI=1S/C27H30FN5OS/c1-3-18(2)35-22-11-9-21(10-12-22)24-17-31-27(29)26(32-24)25-15-23(33-34-25)20-6-4-5-19(7-8-20)16-30-14-13-28/h5-12,15,17-18,30H,3-4,13-14,16H2,1-2H3,(H2,29,31). The van der Waals surface area contributed by atoms with E-state index in [0.717, 1.165) is 35.2 Å². The third-order valence-electron chi connectivity index (χ3n) is 5.70. The largest absolute Gasteiger partial charge is 0.382 e. The predicted octanol–water partition coefficient (Wildman–Crippen LogP) is 6.10. The van der Waals surface area contributed by atoms with E-state index in [2.05, 4.69) is 65.7 Å². The summed E-state index contributed by atoms with van der Waals surface area (Å²) in [7, 11) is 0. The summed E-state index contributed by atoms with van der Waals surface area (Å²) < 4.78 is 17.9. The number of aromatic nitrogens is 3. The zero-order valence-electron chi connectivity index (χ0n) is 20.0. The molecule has 182 valence electrons. The Morgan fingerprint density at radius 2 is 2.00 bits per heavy atom. The van der Waals surface area contributed by atoms with Gasteiger partial charge >= 0.3 is 0 Å². The van der Waals surface area contributed by atoms with Crippen molar-refractivity contribution in [2.75, 3.05) is 25.5 Å². The van der Waals surface area contributed by atoms with Crippen molar-refractivity contribution >= 4 is 23.2 Å². The monoisotopic (exact) mass is 491 g/mol. The molecule has 0 radical (unpaired) electrons. The number of rotatable bonds is 10. The molecule has 2 heterocycles. The first-order valence-electron chi connectivity index (χ1n) is 11.8. The molecule has 0 bridgehead atoms. The first-order valence-corrected chi connectivity index (χ1v) is 12.7. The zero-order valence-corrected chi connectivity index (χ0v) is 20.8. The molecule has 3 N–H and O–H groups in total. The molecule has 0 spiro atoms. The highest BCUT2D eigenvalue weighted by Gasteiger charge is 2.16. The van der Waals surface area contributed by atoms with Gasteiger partial charge in [-0.3, -0.25) is 0 Å². The minimum absolute atomic E-state index is 0.286. The van der Waals surface area contributed by atoms with E-state index < -0.39 is 0 Å². The van der Waals surface area contributed by atoms with Gasteiger partial charge in [0.25, 0.3) is 0 Å². The second-order valence-electron chi connectivity index (χ2n) is 8.30. The van der Waals surface area contributed by atoms with Gasteiger partial charge in [-0.2, -0.15) is 0 Å². The first kappa shape index (κ1) is 24.9. The Labute approximate surface area is 209 Å². The maximum absolute atomic E-state index is 12.3. The maximum atomic E-state index is 12.3. The summed E-state index contributed by atoms with van der Waals surface area (Å²) in [5.41, 5.74) is 11.0. The second kappa shape index (κ2) is 12.0. The smallest absolute Gasteiger partial charge is 0.189 e. The van der Waals surface area contributed by atoms with Gasteiger partial charge in [-0.15, -0.1) is 11.8 Å². The number of halogens is 1. The van der Waals surface area contributed by atoms with E-state index in [1.807, 2.05) is 30.0 Å². The van der Waals surface area contributed by atoms with Gasteiger partial charge in [0.1, 0.15) is 12.4 Å². The number of hydrogen-bond donors (Lipinski definition) is 2. The number of nitrogens with zero attached hydrogens (tertiary/aromatic N) is 3. The van der Waals surface area contributed by atoms with Crippen LogP contribution in [0, 0.1) is 0 Å². The van der Waals surface area contributed by atoms with Gasteiger partial charge < -0.3 is 15.6 Å². The van der Waals surface area contributed by atoms with Crippen LogP contribution in [-0.2, 0) is 0 Å². The Morgan fingerprint density at radius 3 is 2.77 bits per heavy atom. The van der Waals surface area contributed by atoms with E-state index in [-0.39, 0.29) is 12.5 Å². The Balaban J connectivity index is 1.51. The SMILES string of the molecule is CCC(C)Sc1ccc(-c2cnc(N)c(-c3cc(C4=CCC=C(CNCCF)C=C4)no3)n2)cc1. The van der Waals surface area contributed by atoms with Crippen molar-refractivity contribution in [2.24, 2.45) is 0 Å². The van der Waals surface area contributed by atoms with Gasteiger partial charge in [-0.1, -0.05) is 55.4 Å². The van der Waals surface area contributed by atoms with E-state index in [1.54, 1.807) is 6.20 Å². The molecule has 4 rings (SSSR count). The molecule has 1 atom stereocenters. The number of hydrogen-bond acceptors (Lipinski definition) is 7. The van der Waals surface area contributed by atoms with Gasteiger partial charge in [-0.05, 0) is 36.1 Å². The summed E-state index contributed by atoms with van der Waals surface area (Å²) in [6.07, 6.45) is 11.7. The number of anilines is 1. The summed E-state index contributed by atoms with van der Waals surface area (Å²) in [5, 5.41) is 7.88. The minimum Gasteiger partial charge on any atom is -0.382 e. The van der Waals surface area contributed by atoms with Crippen molar-refractivity contribution in [3.05, 3.63) is 72.1 Å². The summed E-state index contributed by atoms with van der Waals surface area (Å²) in [6.45, 7) is 5.02. The molecule has 0 saturated carbocycles. The average Bonchev–Trinajstić information content (AvgIpc) is 3.24. The van der Waals surface area contributed by atoms with E-state index in [0.29, 0.717) is 35.5 Å². The molecule has 1 aliphatic rings. The van der Waals surface area contributed by atoms with Crippen LogP contribution in [-0.4, -0.2) is 40.1 Å². The van der Waals surface area contributed by atoms with Crippen LogP contribution >= 0.6 is 11.8 Å². The lowest BCUT2D eigenvalue weighted by Crippen LogP contribution is -2.18. The number of nitrogens with two attached hydrogens (primary N) is 1. The Hall–Kier alpha value is -3.23. The van der Waals surface area contributed by atoms with E-state index >= 15 is 0 Å². The number of alkyl halides is 1. The summed E-state index contributed by atoms with van der Waals surface area (Å²) in [4.78, 5) is 10.3. The third kappa shape index (κ3) is 6.46. The molecular formula is C27H30FN5OS. The summed E-state index contributed by atoms with van der Waals surface area (Å²) in [5.74, 6) is 0.751. The minimum atomic E-state index is -0.377. The van der Waals surface area contributed by atoms with Crippen LogP contribution in [0.2, 0.25) is 0 Å². The summed E-state index contributed by atoms with van der Waals surface area (Å²) in [6, 6.07) is 10.1. The number of thioether (sulfide) groups is 1. The molecule has 2 aromatic heterocycles. The normalized spacial score (nSPS) is 14.4. The van der Waals surface area contributed by atoms with Gasteiger partial charge in [0.05, 0.1) is 11.9 Å². The third-order valence-corrected chi connectivity index (χ3v) is 6.98. The lowest BCUT2D eigenvalue weighted by atomic mass is 10.1. The van der Waals surface area contributed by atoms with E-state index in [1.165, 1.54) is 4.90 Å². The molecule has 1 aromatic carbocycles. The van der Waals surface area contributed by atoms with Crippen molar-refractivity contribution in [3.63, 3.8) is 0 Å². The van der Waals surface area contributed by atoms with Crippen molar-refractivity contribution in [1.82, 2.24) is 20.4 Å². The summed E-state index contributed by atoms with van der Waals surface area (Å²) >= 11 is 1.86. The van der Waals surface area contributed by atoms with Crippen molar-refractivity contribution < 1.29 is 8.91 Å². The molecule has 0 fully saturated rings. The molecule has 3 aromatic rings. The van der Waals surface area contributed by atoms with Crippen LogP contribution in [0.3, 0.4) is 0 Å². The first-order chi connectivity index (χ1) is 17.1. The topological polar surface area (TPSA) is 89.9 Å². The van der Waals surface area contributed by atoms with Crippen LogP contribution in [0.15, 0.2) is 75.8 Å². The molecule has 6 nitrogen and oxygen atoms in total. The van der Waals surface area contributed by atoms with Crippen LogP contribution in [0.1, 0.15) is 32.4 Å². The molecule has 8 heteroatoms. The fourth-order valence-corrected chi connectivity index (χ4v) is 4.48. The van der Waals surface area contributed by atoms with Crippen molar-refractivity contribution in [2.45, 2.75) is 36.8 Å². The lowest BCUT2D eigenvalue weighted by molar-refractivity contribution is 0.429. The number of nitrogen functional groups attached to an aromatic ring is 1. The molecule has 0 amide bonds. The van der Waals surface area contributed by atoms with Crippen LogP contribution in [0.25, 0.3) is 28.3 Å². The fourth-order valence-electron chi connectivity index (χ4n) is 3.55. The van der Waals surface area contributed by atoms with Gasteiger partial charge in [0.15, 0.2) is 17.3 Å². The number of nitrogens with one attached hydrogen (secondary N) is 1. The van der Waals surface area contributed by atoms with Crippen molar-refractivity contribution in [3.8, 4) is 22.7 Å². The Morgan fingerprint density at radius 1 is 1.17 bits per heavy atom. The van der Waals surface area contributed by atoms with E-state index in [9.17, 15) is 4.39 Å². The van der Waals surface area contributed by atoms with Gasteiger partial charge in [-0.25, -0.2) is 14.4 Å². The zero-order chi connectivity index (χ0) is 24.6. The van der Waals surface area contributed by atoms with Crippen LogP contribution < -0.4 is 11.1 Å². The highest BCUT2D eigenvalue weighted by atomic mass is 32.2. The van der Waals surface area contributed by atoms with Crippen LogP contribution in [0.4, 0.5) is 10.2 Å². The highest BCUT2D eigenvalue weighted by Crippen LogP contribution is 2.31. The second-order valence-corrected chi connectivity index (χ2v) is 9.81. The molecule has 35 heavy (non-hydrogen) atoms. The Kier molecular flexibility index (Phi) is 8.50. The maximum Gasteiger partial charge on any atom is 0.189 e. The fraction of sp³-hybridized carbons (Fsp3) is 0.296. The molecular weight excluding hydrogens is 461 g/mol. The van der Waals surface area contributed by atoms with Gasteiger partial charge in [0.2, 0.25) is 0 Å². The number of allylic oxidation sites excluding steroid dienone is 4. The molecule has 0 saturated heterocycles. The average molecular weight is 492 g/mol. The van der Waals surface area contributed by atoms with Gasteiger partial charge in [0, 0.05) is 34.9 Å². The van der Waals surface area contributed by atoms with Crippen LogP contribution in [0.5, 0.6) is 0 Å². The number of benzene rings is 1. The molecule has 1 aliphatic carbocycles. The highest BCUT2D eigenvalue weighted by molar-refractivity contribution is 7.99. The quantitative estimate of drug-likeness (QED) is 0.262. The predicted molar refractivity (Wildman–Crippen MR) is 142 cm³/mol. The lowest BCUT2D eigenvalue weighted by Gasteiger charge is -2.09. The van der Waals surface area contributed by atoms with E-state index in [4.69, 9.17) is 15.2 Å². The molecule has 0 aliphatic heterocycles. The van der Waals surface area contributed by atoms with Crippen molar-refractivity contribution in [1.29, 1.82) is 0 Å².